The van der Waals surface area contributed by atoms with Gasteiger partial charge in [-0.1, -0.05) is 97.1 Å². The van der Waals surface area contributed by atoms with Crippen molar-refractivity contribution in [3.63, 3.8) is 0 Å². The van der Waals surface area contributed by atoms with Crippen LogP contribution in [0.25, 0.3) is 72.8 Å². The molecule has 0 unspecified atom stereocenters. The molecule has 8 nitrogen and oxygen atoms in total. The number of rotatable bonds is 5. The minimum Gasteiger partial charge on any atom is -0.278 e. The van der Waals surface area contributed by atoms with Gasteiger partial charge in [0.1, 0.15) is 0 Å². The number of benzene rings is 6. The molecule has 0 saturated carbocycles. The third-order valence-electron chi connectivity index (χ3n) is 8.85. The van der Waals surface area contributed by atoms with E-state index in [0.29, 0.717) is 67.6 Å². The highest BCUT2D eigenvalue weighted by atomic mass is 15.2. The summed E-state index contributed by atoms with van der Waals surface area (Å²) in [5, 5.41) is 42.0. The standard InChI is InChI=1S/C43H22N8/c44-23-30-14-7-15-31(24-45)38(30)29-20-21-34-37(22-29)51(36-19-9-18-35(40(34)36)39-32(25-46)16-8-17-33(39)26-47)43-49-41(27-10-3-1-4-11-27)48-42(50-43)28-12-5-2-6-13-28/h1-22H. The Balaban J connectivity index is 1.53. The molecular formula is C43H22N8. The zero-order chi connectivity index (χ0) is 34.9. The Hall–Kier alpha value is -7.91. The van der Waals surface area contributed by atoms with Crippen LogP contribution in [0, 0.1) is 45.3 Å². The summed E-state index contributed by atoms with van der Waals surface area (Å²) in [6.45, 7) is 0. The molecule has 8 heteroatoms. The van der Waals surface area contributed by atoms with Crippen molar-refractivity contribution in [1.29, 1.82) is 21.0 Å². The molecule has 0 spiro atoms. The van der Waals surface area contributed by atoms with Crippen LogP contribution in [0.4, 0.5) is 0 Å². The maximum atomic E-state index is 10.2. The van der Waals surface area contributed by atoms with Crippen LogP contribution >= 0.6 is 0 Å². The van der Waals surface area contributed by atoms with Gasteiger partial charge in [0.05, 0.1) is 57.6 Å². The van der Waals surface area contributed by atoms with E-state index in [1.807, 2.05) is 102 Å². The number of hydrogen-bond donors (Lipinski definition) is 0. The van der Waals surface area contributed by atoms with E-state index in [1.54, 1.807) is 36.4 Å². The molecule has 0 aliphatic heterocycles. The van der Waals surface area contributed by atoms with Crippen LogP contribution in [0.15, 0.2) is 133 Å². The Kier molecular flexibility index (Phi) is 7.52. The van der Waals surface area contributed by atoms with Crippen LogP contribution in [0.5, 0.6) is 0 Å². The first-order chi connectivity index (χ1) is 25.1. The van der Waals surface area contributed by atoms with Gasteiger partial charge in [0.2, 0.25) is 5.95 Å². The number of aromatic nitrogens is 4. The maximum Gasteiger partial charge on any atom is 0.238 e. The highest BCUT2D eigenvalue weighted by Gasteiger charge is 2.23. The molecule has 0 atom stereocenters. The summed E-state index contributed by atoms with van der Waals surface area (Å²) in [6, 6.07) is 50.1. The fraction of sp³-hybridized carbons (Fsp3) is 0. The Morgan fingerprint density at radius 2 is 0.941 bits per heavy atom. The summed E-state index contributed by atoms with van der Waals surface area (Å²) < 4.78 is 1.94. The molecule has 6 aromatic carbocycles. The molecule has 0 bridgehead atoms. The van der Waals surface area contributed by atoms with Gasteiger partial charge in [-0.25, -0.2) is 4.98 Å². The van der Waals surface area contributed by atoms with Crippen molar-refractivity contribution in [3.8, 4) is 75.3 Å². The predicted octanol–water partition coefficient (Wildman–Crippen LogP) is 9.12. The van der Waals surface area contributed by atoms with Gasteiger partial charge in [0.25, 0.3) is 0 Å². The normalized spacial score (nSPS) is 10.7. The summed E-state index contributed by atoms with van der Waals surface area (Å²) in [5.41, 5.74) is 6.96. The topological polar surface area (TPSA) is 139 Å². The highest BCUT2D eigenvalue weighted by Crippen LogP contribution is 2.42. The lowest BCUT2D eigenvalue weighted by molar-refractivity contribution is 0.953. The molecule has 2 heterocycles. The monoisotopic (exact) mass is 650 g/mol. The lowest BCUT2D eigenvalue weighted by Gasteiger charge is -2.12. The second-order valence-electron chi connectivity index (χ2n) is 11.7. The van der Waals surface area contributed by atoms with E-state index in [4.69, 9.17) is 15.0 Å². The van der Waals surface area contributed by atoms with Crippen molar-refractivity contribution in [2.24, 2.45) is 0 Å². The lowest BCUT2D eigenvalue weighted by Crippen LogP contribution is -2.06. The van der Waals surface area contributed by atoms with Crippen molar-refractivity contribution >= 4 is 21.8 Å². The van der Waals surface area contributed by atoms with Gasteiger partial charge in [0, 0.05) is 33.0 Å². The molecule has 51 heavy (non-hydrogen) atoms. The van der Waals surface area contributed by atoms with Gasteiger partial charge in [-0.05, 0) is 47.5 Å². The van der Waals surface area contributed by atoms with E-state index < -0.39 is 0 Å². The molecule has 0 fully saturated rings. The first-order valence-electron chi connectivity index (χ1n) is 15.9. The smallest absolute Gasteiger partial charge is 0.238 e. The summed E-state index contributed by atoms with van der Waals surface area (Å²) in [4.78, 5) is 15.0. The molecular weight excluding hydrogens is 629 g/mol. The maximum absolute atomic E-state index is 10.2. The van der Waals surface area contributed by atoms with Gasteiger partial charge in [-0.15, -0.1) is 0 Å². The zero-order valence-electron chi connectivity index (χ0n) is 26.8. The number of nitriles is 4. The zero-order valence-corrected chi connectivity index (χ0v) is 26.8. The third-order valence-corrected chi connectivity index (χ3v) is 8.85. The average Bonchev–Trinajstić information content (AvgIpc) is 3.54. The molecule has 8 aromatic rings. The predicted molar refractivity (Wildman–Crippen MR) is 195 cm³/mol. The Labute approximate surface area is 292 Å². The first kappa shape index (κ1) is 30.4. The van der Waals surface area contributed by atoms with Crippen molar-refractivity contribution in [3.05, 3.63) is 156 Å². The van der Waals surface area contributed by atoms with Crippen LogP contribution in [0.2, 0.25) is 0 Å². The minimum atomic E-state index is 0.347. The van der Waals surface area contributed by atoms with Gasteiger partial charge in [-0.2, -0.15) is 31.0 Å². The fourth-order valence-electron chi connectivity index (χ4n) is 6.62. The molecule has 8 rings (SSSR count). The van der Waals surface area contributed by atoms with E-state index >= 15 is 0 Å². The summed E-state index contributed by atoms with van der Waals surface area (Å²) >= 11 is 0. The average molecular weight is 651 g/mol. The van der Waals surface area contributed by atoms with Gasteiger partial charge >= 0.3 is 0 Å². The van der Waals surface area contributed by atoms with Crippen LogP contribution < -0.4 is 0 Å². The second-order valence-corrected chi connectivity index (χ2v) is 11.7. The summed E-state index contributed by atoms with van der Waals surface area (Å²) in [5.74, 6) is 1.30. The van der Waals surface area contributed by atoms with Gasteiger partial charge < -0.3 is 0 Å². The van der Waals surface area contributed by atoms with E-state index in [0.717, 1.165) is 27.4 Å². The number of fused-ring (bicyclic) bond motifs is 3. The summed E-state index contributed by atoms with van der Waals surface area (Å²) in [7, 11) is 0. The van der Waals surface area contributed by atoms with Crippen LogP contribution in [-0.4, -0.2) is 19.5 Å². The van der Waals surface area contributed by atoms with E-state index in [1.165, 1.54) is 0 Å². The first-order valence-corrected chi connectivity index (χ1v) is 15.9. The third kappa shape index (κ3) is 5.11. The fourth-order valence-corrected chi connectivity index (χ4v) is 6.62. The quantitative estimate of drug-likeness (QED) is 0.181. The minimum absolute atomic E-state index is 0.347. The van der Waals surface area contributed by atoms with Crippen molar-refractivity contribution < 1.29 is 0 Å². The molecule has 0 radical (unpaired) electrons. The van der Waals surface area contributed by atoms with Crippen molar-refractivity contribution in [2.45, 2.75) is 0 Å². The van der Waals surface area contributed by atoms with Crippen LogP contribution in [-0.2, 0) is 0 Å². The Bertz CT molecular complexity index is 2720. The highest BCUT2D eigenvalue weighted by molar-refractivity contribution is 6.17. The summed E-state index contributed by atoms with van der Waals surface area (Å²) in [6.07, 6.45) is 0. The second kappa shape index (κ2) is 12.6. The SMILES string of the molecule is N#Cc1cccc(C#N)c1-c1ccc2c3c(-c4c(C#N)cccc4C#N)cccc3n(-c3nc(-c4ccccc4)nc(-c4ccccc4)n3)c2c1. The lowest BCUT2D eigenvalue weighted by atomic mass is 9.91. The van der Waals surface area contributed by atoms with Crippen molar-refractivity contribution in [1.82, 2.24) is 19.5 Å². The molecule has 0 aliphatic rings. The van der Waals surface area contributed by atoms with Crippen molar-refractivity contribution in [2.75, 3.05) is 0 Å². The molecule has 0 N–H and O–H groups in total. The van der Waals surface area contributed by atoms with E-state index in [2.05, 4.69) is 24.3 Å². The largest absolute Gasteiger partial charge is 0.278 e. The molecule has 0 saturated heterocycles. The van der Waals surface area contributed by atoms with E-state index in [-0.39, 0.29) is 0 Å². The Morgan fingerprint density at radius 1 is 0.431 bits per heavy atom. The van der Waals surface area contributed by atoms with Gasteiger partial charge in [0.15, 0.2) is 11.6 Å². The number of nitrogens with zero attached hydrogens (tertiary/aromatic N) is 8. The van der Waals surface area contributed by atoms with Crippen LogP contribution in [0.3, 0.4) is 0 Å². The molecule has 0 amide bonds. The van der Waals surface area contributed by atoms with Crippen LogP contribution in [0.1, 0.15) is 22.3 Å². The number of hydrogen-bond acceptors (Lipinski definition) is 7. The molecule has 0 aliphatic carbocycles. The Morgan fingerprint density at radius 3 is 1.47 bits per heavy atom. The van der Waals surface area contributed by atoms with Gasteiger partial charge in [-0.3, -0.25) is 4.57 Å². The molecule has 2 aromatic heterocycles. The molecule has 234 valence electrons. The van der Waals surface area contributed by atoms with E-state index in [9.17, 15) is 21.0 Å².